The van der Waals surface area contributed by atoms with Crippen LogP contribution in [0.4, 0.5) is 0 Å². The average molecular weight is 499 g/mol. The van der Waals surface area contributed by atoms with Crippen molar-refractivity contribution in [3.8, 4) is 11.4 Å². The van der Waals surface area contributed by atoms with Crippen LogP contribution in [0.3, 0.4) is 0 Å². The second-order valence-electron chi connectivity index (χ2n) is 10.0. The minimum atomic E-state index is -3.25. The summed E-state index contributed by atoms with van der Waals surface area (Å²) in [5.41, 5.74) is 2.99. The summed E-state index contributed by atoms with van der Waals surface area (Å²) in [4.78, 5) is 8.33. The number of pyridine rings is 1. The number of aliphatic hydroxyl groups is 2. The molecule has 1 aliphatic heterocycles. The molecule has 188 valence electrons. The van der Waals surface area contributed by atoms with Gasteiger partial charge in [-0.05, 0) is 74.9 Å². The van der Waals surface area contributed by atoms with E-state index in [1.165, 1.54) is 6.26 Å². The Morgan fingerprint density at radius 1 is 1.06 bits per heavy atom. The summed E-state index contributed by atoms with van der Waals surface area (Å²) in [6.45, 7) is 4.66. The quantitative estimate of drug-likeness (QED) is 0.428. The van der Waals surface area contributed by atoms with Gasteiger partial charge in [-0.1, -0.05) is 18.2 Å². The molecule has 35 heavy (non-hydrogen) atoms. The number of aromatic amines is 1. The fraction of sp³-hybridized carbons (Fsp3) is 0.444. The Labute approximate surface area is 207 Å². The molecule has 1 fully saturated rings. The van der Waals surface area contributed by atoms with Crippen molar-refractivity contribution in [2.45, 2.75) is 55.6 Å². The van der Waals surface area contributed by atoms with Crippen molar-refractivity contribution in [3.63, 3.8) is 0 Å². The molecule has 3 heterocycles. The maximum atomic E-state index is 11.9. The highest BCUT2D eigenvalue weighted by atomic mass is 32.2. The first kappa shape index (κ1) is 25.6. The summed E-state index contributed by atoms with van der Waals surface area (Å²) in [6.07, 6.45) is 4.74. The van der Waals surface area contributed by atoms with Gasteiger partial charge in [0.25, 0.3) is 0 Å². The van der Waals surface area contributed by atoms with Gasteiger partial charge in [0.05, 0.1) is 21.9 Å². The Bertz CT molecular complexity index is 1220. The van der Waals surface area contributed by atoms with Crippen LogP contribution in [-0.4, -0.2) is 53.7 Å². The monoisotopic (exact) mass is 498 g/mol. The van der Waals surface area contributed by atoms with E-state index < -0.39 is 21.5 Å². The van der Waals surface area contributed by atoms with E-state index in [9.17, 15) is 18.6 Å². The molecule has 2 unspecified atom stereocenters. The Morgan fingerprint density at radius 3 is 2.29 bits per heavy atom. The SMILES string of the molecule is CC(C)(O)C(O)c1ccc(-c2ccc(C(CC3CCOCC3)c3ccc(S(C)(=O)=O)cc3)[nH]2)nc1. The van der Waals surface area contributed by atoms with Crippen LogP contribution < -0.4 is 0 Å². The summed E-state index contributed by atoms with van der Waals surface area (Å²) < 4.78 is 29.4. The lowest BCUT2D eigenvalue weighted by atomic mass is 9.83. The standard InChI is InChI=1S/C27H34N2O5S/c1-27(2,31)26(30)20-6-9-24(28-17-20)25-11-10-23(29-25)22(16-18-12-14-34-15-13-18)19-4-7-21(8-5-19)35(3,32)33/h4-11,17-18,22,26,29-31H,12-16H2,1-3H3. The third-order valence-electron chi connectivity index (χ3n) is 6.75. The van der Waals surface area contributed by atoms with Crippen molar-refractivity contribution in [2.24, 2.45) is 5.92 Å². The van der Waals surface area contributed by atoms with Crippen LogP contribution in [0.15, 0.2) is 59.6 Å². The Kier molecular flexibility index (Phi) is 7.47. The van der Waals surface area contributed by atoms with Crippen molar-refractivity contribution < 1.29 is 23.4 Å². The van der Waals surface area contributed by atoms with Gasteiger partial charge in [0.2, 0.25) is 0 Å². The van der Waals surface area contributed by atoms with Crippen LogP contribution in [0.25, 0.3) is 11.4 Å². The van der Waals surface area contributed by atoms with Gasteiger partial charge >= 0.3 is 0 Å². The second-order valence-corrected chi connectivity index (χ2v) is 12.1. The number of sulfone groups is 1. The summed E-state index contributed by atoms with van der Waals surface area (Å²) in [5.74, 6) is 0.604. The Hall–Kier alpha value is -2.52. The third kappa shape index (κ3) is 6.19. The number of nitrogens with one attached hydrogen (secondary N) is 1. The highest BCUT2D eigenvalue weighted by Crippen LogP contribution is 2.36. The maximum Gasteiger partial charge on any atom is 0.175 e. The van der Waals surface area contributed by atoms with E-state index in [4.69, 9.17) is 4.74 Å². The Balaban J connectivity index is 1.61. The van der Waals surface area contributed by atoms with E-state index in [-0.39, 0.29) is 5.92 Å². The highest BCUT2D eigenvalue weighted by molar-refractivity contribution is 7.90. The van der Waals surface area contributed by atoms with Crippen molar-refractivity contribution in [3.05, 3.63) is 71.5 Å². The number of rotatable bonds is 8. The predicted octanol–water partition coefficient (Wildman–Crippen LogP) is 4.23. The molecular formula is C27H34N2O5S. The summed E-state index contributed by atoms with van der Waals surface area (Å²) in [6, 6.07) is 14.8. The first-order valence-electron chi connectivity index (χ1n) is 12.0. The lowest BCUT2D eigenvalue weighted by Gasteiger charge is -2.27. The summed E-state index contributed by atoms with van der Waals surface area (Å²) in [5, 5.41) is 20.4. The first-order valence-corrected chi connectivity index (χ1v) is 13.8. The molecule has 1 aromatic carbocycles. The first-order chi connectivity index (χ1) is 16.5. The number of nitrogens with zero attached hydrogens (tertiary/aromatic N) is 1. The van der Waals surface area contributed by atoms with E-state index in [2.05, 4.69) is 16.0 Å². The molecule has 0 aliphatic carbocycles. The van der Waals surface area contributed by atoms with Crippen molar-refractivity contribution >= 4 is 9.84 Å². The normalized spacial score (nSPS) is 17.3. The lowest BCUT2D eigenvalue weighted by Crippen LogP contribution is -2.28. The van der Waals surface area contributed by atoms with Crippen LogP contribution in [0, 0.1) is 5.92 Å². The lowest BCUT2D eigenvalue weighted by molar-refractivity contribution is -0.0498. The van der Waals surface area contributed by atoms with Gasteiger partial charge < -0.3 is 19.9 Å². The van der Waals surface area contributed by atoms with Crippen LogP contribution in [0.1, 0.15) is 62.0 Å². The number of benzene rings is 1. The molecule has 4 rings (SSSR count). The predicted molar refractivity (Wildman–Crippen MR) is 135 cm³/mol. The molecular weight excluding hydrogens is 464 g/mol. The molecule has 3 N–H and O–H groups in total. The fourth-order valence-electron chi connectivity index (χ4n) is 4.60. The molecule has 1 saturated heterocycles. The molecule has 0 saturated carbocycles. The smallest absolute Gasteiger partial charge is 0.175 e. The topological polar surface area (TPSA) is 113 Å². The van der Waals surface area contributed by atoms with E-state index in [0.29, 0.717) is 16.4 Å². The van der Waals surface area contributed by atoms with E-state index in [0.717, 1.165) is 55.1 Å². The molecule has 2 atom stereocenters. The third-order valence-corrected chi connectivity index (χ3v) is 7.88. The Morgan fingerprint density at radius 2 is 1.71 bits per heavy atom. The van der Waals surface area contributed by atoms with Gasteiger partial charge in [-0.15, -0.1) is 0 Å². The van der Waals surface area contributed by atoms with Crippen molar-refractivity contribution in [1.29, 1.82) is 0 Å². The van der Waals surface area contributed by atoms with Crippen LogP contribution in [-0.2, 0) is 14.6 Å². The second kappa shape index (κ2) is 10.2. The van der Waals surface area contributed by atoms with E-state index in [1.54, 1.807) is 38.2 Å². The minimum Gasteiger partial charge on any atom is -0.387 e. The van der Waals surface area contributed by atoms with Gasteiger partial charge in [0.15, 0.2) is 9.84 Å². The number of ether oxygens (including phenoxy) is 1. The minimum absolute atomic E-state index is 0.0803. The molecule has 8 heteroatoms. The number of aromatic nitrogens is 2. The van der Waals surface area contributed by atoms with Gasteiger partial charge in [-0.25, -0.2) is 8.42 Å². The fourth-order valence-corrected chi connectivity index (χ4v) is 5.23. The number of H-pyrrole nitrogens is 1. The van der Waals surface area contributed by atoms with E-state index in [1.807, 2.05) is 24.3 Å². The number of hydrogen-bond donors (Lipinski definition) is 3. The highest BCUT2D eigenvalue weighted by Gasteiger charge is 2.27. The molecule has 0 bridgehead atoms. The van der Waals surface area contributed by atoms with Crippen molar-refractivity contribution in [2.75, 3.05) is 19.5 Å². The number of hydrogen-bond acceptors (Lipinski definition) is 6. The maximum absolute atomic E-state index is 11.9. The molecule has 0 amide bonds. The molecule has 3 aromatic rings. The summed E-state index contributed by atoms with van der Waals surface area (Å²) in [7, 11) is -3.25. The van der Waals surface area contributed by atoms with Crippen LogP contribution in [0.2, 0.25) is 0 Å². The largest absolute Gasteiger partial charge is 0.387 e. The van der Waals surface area contributed by atoms with E-state index >= 15 is 0 Å². The summed E-state index contributed by atoms with van der Waals surface area (Å²) >= 11 is 0. The van der Waals surface area contributed by atoms with Gasteiger partial charge in [-0.2, -0.15) is 0 Å². The zero-order chi connectivity index (χ0) is 25.2. The van der Waals surface area contributed by atoms with Crippen LogP contribution in [0.5, 0.6) is 0 Å². The molecule has 1 aliphatic rings. The number of aliphatic hydroxyl groups excluding tert-OH is 1. The molecule has 7 nitrogen and oxygen atoms in total. The molecule has 2 aromatic heterocycles. The van der Waals surface area contributed by atoms with Crippen LogP contribution >= 0.6 is 0 Å². The zero-order valence-corrected chi connectivity index (χ0v) is 21.3. The van der Waals surface area contributed by atoms with Gasteiger partial charge in [-0.3, -0.25) is 4.98 Å². The zero-order valence-electron chi connectivity index (χ0n) is 20.4. The van der Waals surface area contributed by atoms with Gasteiger partial charge in [0.1, 0.15) is 6.10 Å². The van der Waals surface area contributed by atoms with Crippen molar-refractivity contribution in [1.82, 2.24) is 9.97 Å². The molecule has 0 radical (unpaired) electrons. The average Bonchev–Trinajstić information content (AvgIpc) is 3.32. The van der Waals surface area contributed by atoms with Gasteiger partial charge in [0, 0.05) is 42.8 Å². The molecule has 0 spiro atoms.